The zero-order valence-electron chi connectivity index (χ0n) is 16.3. The van der Waals surface area contributed by atoms with Gasteiger partial charge in [0.15, 0.2) is 0 Å². The molecule has 1 amide bonds. The topological polar surface area (TPSA) is 80.5 Å². The minimum atomic E-state index is 0.0398. The van der Waals surface area contributed by atoms with Crippen LogP contribution < -0.4 is 15.8 Å². The van der Waals surface area contributed by atoms with Crippen molar-refractivity contribution < 1.29 is 9.53 Å². The van der Waals surface area contributed by atoms with Crippen molar-refractivity contribution in [1.29, 1.82) is 0 Å². The molecule has 1 fully saturated rings. The Labute approximate surface area is 167 Å². The Morgan fingerprint density at radius 3 is 3.00 bits per heavy atom. The quantitative estimate of drug-likeness (QED) is 0.696. The normalized spacial score (nSPS) is 17.2. The molecule has 1 unspecified atom stereocenters. The average Bonchev–Trinajstić information content (AvgIpc) is 2.73. The zero-order chi connectivity index (χ0) is 19.6. The average molecular weight is 383 g/mol. The summed E-state index contributed by atoms with van der Waals surface area (Å²) >= 11 is 0. The van der Waals surface area contributed by atoms with E-state index >= 15 is 0 Å². The van der Waals surface area contributed by atoms with Crippen molar-refractivity contribution in [1.82, 2.24) is 15.2 Å². The van der Waals surface area contributed by atoms with E-state index in [9.17, 15) is 4.79 Å². The minimum absolute atomic E-state index is 0.0398. The number of nitrogens with zero attached hydrogens (tertiary/aromatic N) is 2. The van der Waals surface area contributed by atoms with Crippen LogP contribution in [0.5, 0.6) is 5.75 Å². The molecule has 1 aliphatic heterocycles. The number of nitrogens with one attached hydrogen (secondary N) is 1. The van der Waals surface area contributed by atoms with Gasteiger partial charge in [-0.15, -0.1) is 0 Å². The van der Waals surface area contributed by atoms with Gasteiger partial charge in [-0.05, 0) is 49.2 Å². The Kier molecular flexibility index (Phi) is 7.82. The highest BCUT2D eigenvalue weighted by Crippen LogP contribution is 2.22. The summed E-state index contributed by atoms with van der Waals surface area (Å²) in [4.78, 5) is 18.5. The maximum absolute atomic E-state index is 11.8. The molecule has 3 rings (SSSR count). The molecule has 0 radical (unpaired) electrons. The first kappa shape index (κ1) is 20.3. The number of likely N-dealkylation sites (tertiary alicyclic amines) is 1. The summed E-state index contributed by atoms with van der Waals surface area (Å²) in [5.74, 6) is 0.894. The predicted molar refractivity (Wildman–Crippen MR) is 110 cm³/mol. The van der Waals surface area contributed by atoms with Gasteiger partial charge in [0.2, 0.25) is 5.91 Å². The van der Waals surface area contributed by atoms with Gasteiger partial charge in [0.25, 0.3) is 0 Å². The molecular formula is C22H30N4O2. The number of piperidine rings is 1. The molecule has 6 heteroatoms. The molecule has 3 N–H and O–H groups in total. The maximum atomic E-state index is 11.8. The van der Waals surface area contributed by atoms with Crippen LogP contribution in [0, 0.1) is 0 Å². The van der Waals surface area contributed by atoms with Gasteiger partial charge >= 0.3 is 0 Å². The second-order valence-corrected chi connectivity index (χ2v) is 7.22. The lowest BCUT2D eigenvalue weighted by Gasteiger charge is -2.36. The zero-order valence-corrected chi connectivity index (χ0v) is 16.3. The number of hydrogen-bond acceptors (Lipinski definition) is 5. The number of aromatic nitrogens is 1. The molecule has 150 valence electrons. The van der Waals surface area contributed by atoms with Crippen molar-refractivity contribution >= 4 is 5.91 Å². The van der Waals surface area contributed by atoms with Crippen LogP contribution in [-0.2, 0) is 17.9 Å². The highest BCUT2D eigenvalue weighted by molar-refractivity contribution is 5.76. The van der Waals surface area contributed by atoms with Crippen LogP contribution in [0.2, 0.25) is 0 Å². The second kappa shape index (κ2) is 10.8. The van der Waals surface area contributed by atoms with E-state index in [-0.39, 0.29) is 5.91 Å². The van der Waals surface area contributed by atoms with Crippen LogP contribution >= 0.6 is 0 Å². The number of hydrogen-bond donors (Lipinski definition) is 2. The van der Waals surface area contributed by atoms with Crippen molar-refractivity contribution in [2.45, 2.75) is 44.9 Å². The molecule has 28 heavy (non-hydrogen) atoms. The Morgan fingerprint density at radius 1 is 1.25 bits per heavy atom. The molecule has 1 aliphatic rings. The van der Waals surface area contributed by atoms with E-state index in [2.05, 4.69) is 27.3 Å². The summed E-state index contributed by atoms with van der Waals surface area (Å²) in [5, 5.41) is 3.03. The lowest BCUT2D eigenvalue weighted by molar-refractivity contribution is -0.121. The van der Waals surface area contributed by atoms with E-state index in [4.69, 9.17) is 10.5 Å². The summed E-state index contributed by atoms with van der Waals surface area (Å²) in [7, 11) is 0. The first-order valence-electron chi connectivity index (χ1n) is 10.1. The molecule has 1 atom stereocenters. The van der Waals surface area contributed by atoms with Crippen LogP contribution in [0.1, 0.15) is 36.9 Å². The summed E-state index contributed by atoms with van der Waals surface area (Å²) in [6.07, 6.45) is 5.68. The lowest BCUT2D eigenvalue weighted by atomic mass is 10.0. The molecule has 2 aromatic rings. The van der Waals surface area contributed by atoms with Crippen LogP contribution in [0.15, 0.2) is 48.7 Å². The third kappa shape index (κ3) is 6.32. The molecule has 0 bridgehead atoms. The lowest BCUT2D eigenvalue weighted by Crippen LogP contribution is -2.46. The fourth-order valence-corrected chi connectivity index (χ4v) is 3.56. The molecule has 2 heterocycles. The van der Waals surface area contributed by atoms with Gasteiger partial charge in [0, 0.05) is 38.3 Å². The molecule has 0 spiro atoms. The Morgan fingerprint density at radius 2 is 2.18 bits per heavy atom. The van der Waals surface area contributed by atoms with E-state index in [1.165, 1.54) is 18.4 Å². The minimum Gasteiger partial charge on any atom is -0.487 e. The smallest absolute Gasteiger partial charge is 0.221 e. The van der Waals surface area contributed by atoms with Gasteiger partial charge in [0.1, 0.15) is 12.4 Å². The van der Waals surface area contributed by atoms with Crippen molar-refractivity contribution in [3.8, 4) is 5.75 Å². The number of amides is 1. The Balaban J connectivity index is 1.55. The van der Waals surface area contributed by atoms with Crippen LogP contribution in [0.25, 0.3) is 0 Å². The highest BCUT2D eigenvalue weighted by Gasteiger charge is 2.23. The summed E-state index contributed by atoms with van der Waals surface area (Å²) in [6, 6.07) is 14.4. The number of ether oxygens (including phenoxy) is 1. The van der Waals surface area contributed by atoms with Crippen molar-refractivity contribution in [3.63, 3.8) is 0 Å². The Bertz CT molecular complexity index is 738. The second-order valence-electron chi connectivity index (χ2n) is 7.22. The molecule has 0 aliphatic carbocycles. The number of nitrogens with two attached hydrogens (primary N) is 1. The first-order valence-corrected chi connectivity index (χ1v) is 10.1. The highest BCUT2D eigenvalue weighted by atomic mass is 16.5. The maximum Gasteiger partial charge on any atom is 0.221 e. The number of benzene rings is 1. The number of carbonyl (C=O) groups is 1. The number of carbonyl (C=O) groups excluding carboxylic acids is 1. The van der Waals surface area contributed by atoms with E-state index in [1.807, 2.05) is 30.3 Å². The third-order valence-electron chi connectivity index (χ3n) is 5.05. The van der Waals surface area contributed by atoms with Crippen LogP contribution in [-0.4, -0.2) is 41.5 Å². The molecule has 1 aromatic carbocycles. The molecule has 0 saturated carbocycles. The molecular weight excluding hydrogens is 352 g/mol. The van der Waals surface area contributed by atoms with Crippen LogP contribution in [0.3, 0.4) is 0 Å². The number of rotatable bonds is 9. The molecule has 6 nitrogen and oxygen atoms in total. The summed E-state index contributed by atoms with van der Waals surface area (Å²) in [6.45, 7) is 3.46. The van der Waals surface area contributed by atoms with Gasteiger partial charge < -0.3 is 15.8 Å². The fourth-order valence-electron chi connectivity index (χ4n) is 3.56. The molecule has 1 aromatic heterocycles. The van der Waals surface area contributed by atoms with E-state index < -0.39 is 0 Å². The fraction of sp³-hybridized carbons (Fsp3) is 0.455. The van der Waals surface area contributed by atoms with Crippen LogP contribution in [0.4, 0.5) is 0 Å². The van der Waals surface area contributed by atoms with Gasteiger partial charge in [-0.25, -0.2) is 0 Å². The Hall–Kier alpha value is -2.44. The van der Waals surface area contributed by atoms with Crippen molar-refractivity contribution in [2.75, 3.05) is 19.6 Å². The van der Waals surface area contributed by atoms with E-state index in [1.54, 1.807) is 6.20 Å². The van der Waals surface area contributed by atoms with Gasteiger partial charge in [-0.1, -0.05) is 24.6 Å². The number of pyridine rings is 1. The van der Waals surface area contributed by atoms with E-state index in [0.29, 0.717) is 32.2 Å². The first-order chi connectivity index (χ1) is 13.7. The van der Waals surface area contributed by atoms with Gasteiger partial charge in [-0.2, -0.15) is 0 Å². The SMILES string of the molecule is NCCC(=O)NCC1CCCCN1Cc1cccc(OCc2ccccn2)c1. The standard InChI is InChI=1S/C22H30N4O2/c23-11-10-22(27)25-15-20-8-2-4-13-26(20)16-18-6-5-9-21(14-18)28-17-19-7-1-3-12-24-19/h1,3,5-7,9,12,14,20H,2,4,8,10-11,13,15-17,23H2,(H,25,27). The van der Waals surface area contributed by atoms with Crippen molar-refractivity contribution in [3.05, 3.63) is 59.9 Å². The largest absolute Gasteiger partial charge is 0.487 e. The third-order valence-corrected chi connectivity index (χ3v) is 5.05. The van der Waals surface area contributed by atoms with Crippen molar-refractivity contribution in [2.24, 2.45) is 5.73 Å². The van der Waals surface area contributed by atoms with E-state index in [0.717, 1.165) is 31.0 Å². The summed E-state index contributed by atoms with van der Waals surface area (Å²) < 4.78 is 5.90. The predicted octanol–water partition coefficient (Wildman–Crippen LogP) is 2.48. The summed E-state index contributed by atoms with van der Waals surface area (Å²) in [5.41, 5.74) is 7.59. The van der Waals surface area contributed by atoms with Gasteiger partial charge in [0.05, 0.1) is 5.69 Å². The van der Waals surface area contributed by atoms with Gasteiger partial charge in [-0.3, -0.25) is 14.7 Å². The monoisotopic (exact) mass is 382 g/mol. The molecule has 1 saturated heterocycles.